The number of nitrogens with zero attached hydrogens (tertiary/aromatic N) is 4. The van der Waals surface area contributed by atoms with Gasteiger partial charge in [-0.1, -0.05) is 39.0 Å². The zero-order valence-corrected chi connectivity index (χ0v) is 17.5. The lowest BCUT2D eigenvalue weighted by Crippen LogP contribution is -2.58. The third-order valence-electron chi connectivity index (χ3n) is 4.85. The maximum Gasteiger partial charge on any atom is 0.145 e. The molecule has 1 saturated heterocycles. The average molecular weight is 343 g/mol. The summed E-state index contributed by atoms with van der Waals surface area (Å²) in [5, 5.41) is 0.00104. The lowest BCUT2D eigenvalue weighted by atomic mass is 10.1. The maximum absolute atomic E-state index is 5.09. The summed E-state index contributed by atoms with van der Waals surface area (Å²) in [4.78, 5) is 9.88. The standard InChI is InChI=1S/C18H39N4P/c1-8-9-10-11-12-13-15-19-17-14-16-23(22(6)7)18(17,20(2)3)21(4)5/h8-16H2,1-7H3. The van der Waals surface area contributed by atoms with Gasteiger partial charge in [0, 0.05) is 14.6 Å². The van der Waals surface area contributed by atoms with Crippen LogP contribution in [-0.4, -0.2) is 80.6 Å². The average Bonchev–Trinajstić information content (AvgIpc) is 2.87. The fraction of sp³-hybridized carbons (Fsp3) is 0.944. The van der Waals surface area contributed by atoms with E-state index in [0.29, 0.717) is 0 Å². The first-order valence-electron chi connectivity index (χ1n) is 9.22. The minimum atomic E-state index is -0.248. The Labute approximate surface area is 146 Å². The minimum Gasteiger partial charge on any atom is -0.290 e. The van der Waals surface area contributed by atoms with Crippen LogP contribution >= 0.6 is 8.07 Å². The summed E-state index contributed by atoms with van der Waals surface area (Å²) in [5.74, 6) is 0. The molecule has 0 aromatic carbocycles. The highest BCUT2D eigenvalue weighted by atomic mass is 31.1. The van der Waals surface area contributed by atoms with E-state index in [1.54, 1.807) is 0 Å². The van der Waals surface area contributed by atoms with Crippen LogP contribution in [0.15, 0.2) is 4.99 Å². The van der Waals surface area contributed by atoms with E-state index in [2.05, 4.69) is 63.7 Å². The molecule has 0 radical (unpaired) electrons. The van der Waals surface area contributed by atoms with Crippen molar-refractivity contribution >= 4 is 13.8 Å². The molecule has 4 nitrogen and oxygen atoms in total. The highest BCUT2D eigenvalue weighted by Gasteiger charge is 2.52. The van der Waals surface area contributed by atoms with E-state index in [-0.39, 0.29) is 13.5 Å². The zero-order valence-electron chi connectivity index (χ0n) is 16.6. The Kier molecular flexibility index (Phi) is 9.21. The number of unbranched alkanes of at least 4 members (excludes halogenated alkanes) is 5. The minimum absolute atomic E-state index is 0.00104. The SMILES string of the molecule is CCCCCCCCN=C1CCP(N(C)C)C1(N(C)C)N(C)C. The molecule has 0 spiro atoms. The summed E-state index contributed by atoms with van der Waals surface area (Å²) in [6, 6.07) is 0. The summed E-state index contributed by atoms with van der Waals surface area (Å²) in [6.45, 7) is 3.28. The van der Waals surface area contributed by atoms with Gasteiger partial charge in [-0.3, -0.25) is 19.5 Å². The van der Waals surface area contributed by atoms with Gasteiger partial charge in [0.25, 0.3) is 0 Å². The molecule has 0 aromatic heterocycles. The van der Waals surface area contributed by atoms with Crippen molar-refractivity contribution in [3.63, 3.8) is 0 Å². The van der Waals surface area contributed by atoms with Crippen molar-refractivity contribution in [3.05, 3.63) is 0 Å². The molecule has 1 heterocycles. The van der Waals surface area contributed by atoms with Gasteiger partial charge in [-0.2, -0.15) is 0 Å². The Hall–Kier alpha value is -0.0200. The second kappa shape index (κ2) is 10.1. The lowest BCUT2D eigenvalue weighted by Gasteiger charge is -2.48. The Morgan fingerprint density at radius 1 is 0.913 bits per heavy atom. The number of rotatable bonds is 10. The van der Waals surface area contributed by atoms with Crippen LogP contribution in [0.5, 0.6) is 0 Å². The second-order valence-electron chi connectivity index (χ2n) is 7.24. The van der Waals surface area contributed by atoms with E-state index in [1.807, 2.05) is 0 Å². The van der Waals surface area contributed by atoms with Crippen LogP contribution in [0.4, 0.5) is 0 Å². The van der Waals surface area contributed by atoms with Gasteiger partial charge in [0.1, 0.15) is 5.40 Å². The van der Waals surface area contributed by atoms with Gasteiger partial charge >= 0.3 is 0 Å². The third-order valence-corrected chi connectivity index (χ3v) is 8.24. The van der Waals surface area contributed by atoms with Gasteiger partial charge in [-0.15, -0.1) is 0 Å². The van der Waals surface area contributed by atoms with Crippen molar-refractivity contribution in [3.8, 4) is 0 Å². The van der Waals surface area contributed by atoms with Crippen LogP contribution in [0.25, 0.3) is 0 Å². The van der Waals surface area contributed by atoms with Crippen molar-refractivity contribution in [2.45, 2.75) is 57.3 Å². The molecule has 1 aliphatic heterocycles. The molecule has 0 aromatic rings. The van der Waals surface area contributed by atoms with Crippen LogP contribution in [-0.2, 0) is 0 Å². The monoisotopic (exact) mass is 342 g/mol. The molecule has 5 heteroatoms. The fourth-order valence-corrected chi connectivity index (χ4v) is 6.93. The summed E-state index contributed by atoms with van der Waals surface area (Å²) in [6.07, 6.45) is 10.4. The molecule has 0 amide bonds. The Balaban J connectivity index is 2.73. The normalized spacial score (nSPS) is 22.9. The van der Waals surface area contributed by atoms with Gasteiger partial charge in [0.2, 0.25) is 0 Å². The molecular weight excluding hydrogens is 303 g/mol. The van der Waals surface area contributed by atoms with E-state index in [4.69, 9.17) is 4.99 Å². The molecule has 1 unspecified atom stereocenters. The number of aliphatic imine (C=N–C) groups is 1. The summed E-state index contributed by atoms with van der Waals surface area (Å²) in [5.41, 5.74) is 1.40. The Morgan fingerprint density at radius 2 is 1.48 bits per heavy atom. The van der Waals surface area contributed by atoms with Crippen molar-refractivity contribution in [1.82, 2.24) is 14.5 Å². The smallest absolute Gasteiger partial charge is 0.145 e. The predicted octanol–water partition coefficient (Wildman–Crippen LogP) is 3.93. The third kappa shape index (κ3) is 4.98. The topological polar surface area (TPSA) is 22.1 Å². The van der Waals surface area contributed by atoms with Gasteiger partial charge in [0.05, 0.1) is 5.71 Å². The molecule has 23 heavy (non-hydrogen) atoms. The number of hydrogen-bond donors (Lipinski definition) is 0. The Bertz CT molecular complexity index is 358. The van der Waals surface area contributed by atoms with Crippen molar-refractivity contribution < 1.29 is 0 Å². The van der Waals surface area contributed by atoms with E-state index < -0.39 is 0 Å². The lowest BCUT2D eigenvalue weighted by molar-refractivity contribution is 0.149. The van der Waals surface area contributed by atoms with Crippen molar-refractivity contribution in [2.24, 2.45) is 4.99 Å². The van der Waals surface area contributed by atoms with Crippen LogP contribution in [0.2, 0.25) is 0 Å². The first-order chi connectivity index (χ1) is 10.9. The highest BCUT2D eigenvalue weighted by Crippen LogP contribution is 2.59. The van der Waals surface area contributed by atoms with E-state index in [0.717, 1.165) is 13.0 Å². The first-order valence-corrected chi connectivity index (χ1v) is 10.7. The van der Waals surface area contributed by atoms with Gasteiger partial charge < -0.3 is 0 Å². The van der Waals surface area contributed by atoms with Crippen molar-refractivity contribution in [2.75, 3.05) is 55.0 Å². The summed E-state index contributed by atoms with van der Waals surface area (Å²) >= 11 is 0. The maximum atomic E-state index is 5.09. The van der Waals surface area contributed by atoms with Crippen LogP contribution in [0.1, 0.15) is 51.9 Å². The predicted molar refractivity (Wildman–Crippen MR) is 106 cm³/mol. The molecule has 0 aliphatic carbocycles. The fourth-order valence-electron chi connectivity index (χ4n) is 3.83. The van der Waals surface area contributed by atoms with E-state index >= 15 is 0 Å². The van der Waals surface area contributed by atoms with Gasteiger partial charge in [-0.25, -0.2) is 0 Å². The first kappa shape index (κ1) is 21.0. The quantitative estimate of drug-likeness (QED) is 0.341. The van der Waals surface area contributed by atoms with Crippen LogP contribution in [0, 0.1) is 0 Å². The van der Waals surface area contributed by atoms with E-state index in [1.165, 1.54) is 50.4 Å². The molecular formula is C18H39N4P. The van der Waals surface area contributed by atoms with Crippen LogP contribution in [0.3, 0.4) is 0 Å². The van der Waals surface area contributed by atoms with Gasteiger partial charge in [0.15, 0.2) is 0 Å². The van der Waals surface area contributed by atoms with Crippen LogP contribution < -0.4 is 0 Å². The number of hydrogen-bond acceptors (Lipinski definition) is 4. The van der Waals surface area contributed by atoms with Gasteiger partial charge in [-0.05, 0) is 61.3 Å². The van der Waals surface area contributed by atoms with Crippen molar-refractivity contribution in [1.29, 1.82) is 0 Å². The molecule has 1 fully saturated rings. The highest BCUT2D eigenvalue weighted by molar-refractivity contribution is 7.58. The largest absolute Gasteiger partial charge is 0.290 e. The summed E-state index contributed by atoms with van der Waals surface area (Å²) < 4.78 is 2.43. The molecule has 0 N–H and O–H groups in total. The zero-order chi connectivity index (χ0) is 17.5. The Morgan fingerprint density at radius 3 is 2.00 bits per heavy atom. The second-order valence-corrected chi connectivity index (χ2v) is 9.91. The molecule has 1 rings (SSSR count). The molecule has 1 atom stereocenters. The molecule has 1 aliphatic rings. The summed E-state index contributed by atoms with van der Waals surface area (Å²) in [7, 11) is 13.1. The molecule has 136 valence electrons. The van der Waals surface area contributed by atoms with E-state index in [9.17, 15) is 0 Å². The molecule has 0 saturated carbocycles. The molecule has 0 bridgehead atoms.